The molecule has 1 aliphatic rings. The van der Waals surface area contributed by atoms with Gasteiger partial charge in [-0.05, 0) is 36.8 Å². The summed E-state index contributed by atoms with van der Waals surface area (Å²) in [5.41, 5.74) is 8.91. The number of halogens is 2. The highest BCUT2D eigenvalue weighted by molar-refractivity contribution is 7.98. The maximum absolute atomic E-state index is 13.9. The van der Waals surface area contributed by atoms with Crippen LogP contribution in [0.25, 0.3) is 0 Å². The summed E-state index contributed by atoms with van der Waals surface area (Å²) in [6.07, 6.45) is 0. The molecule has 3 aromatic rings. The van der Waals surface area contributed by atoms with Gasteiger partial charge in [0.15, 0.2) is 11.6 Å². The van der Waals surface area contributed by atoms with Crippen LogP contribution < -0.4 is 10.5 Å². The van der Waals surface area contributed by atoms with Crippen molar-refractivity contribution >= 4 is 11.8 Å². The summed E-state index contributed by atoms with van der Waals surface area (Å²) in [7, 11) is 0. The third-order valence-electron chi connectivity index (χ3n) is 4.70. The highest BCUT2D eigenvalue weighted by atomic mass is 32.2. The Balaban J connectivity index is 1.74. The van der Waals surface area contributed by atoms with Gasteiger partial charge in [0.1, 0.15) is 11.6 Å². The molecule has 146 valence electrons. The molecule has 1 aromatic heterocycles. The lowest BCUT2D eigenvalue weighted by Gasteiger charge is -2.24. The minimum absolute atomic E-state index is 0.0982. The summed E-state index contributed by atoms with van der Waals surface area (Å²) in [6.45, 7) is 2.02. The summed E-state index contributed by atoms with van der Waals surface area (Å²) in [5, 5.41) is 16.7. The van der Waals surface area contributed by atoms with Gasteiger partial charge in [0.05, 0.1) is 17.2 Å². The van der Waals surface area contributed by atoms with Crippen LogP contribution in [0, 0.1) is 29.9 Å². The molecule has 0 saturated heterocycles. The number of fused-ring (bicyclic) bond motifs is 1. The van der Waals surface area contributed by atoms with Crippen molar-refractivity contribution in [3.8, 4) is 11.9 Å². The number of aromatic amines is 1. The first kappa shape index (κ1) is 19.0. The zero-order chi connectivity index (χ0) is 20.5. The van der Waals surface area contributed by atoms with Crippen molar-refractivity contribution in [2.45, 2.75) is 23.5 Å². The van der Waals surface area contributed by atoms with Crippen molar-refractivity contribution in [3.63, 3.8) is 0 Å². The molecule has 0 radical (unpaired) electrons. The van der Waals surface area contributed by atoms with Gasteiger partial charge in [-0.25, -0.2) is 8.78 Å². The van der Waals surface area contributed by atoms with Crippen LogP contribution in [0.5, 0.6) is 5.88 Å². The lowest BCUT2D eigenvalue weighted by Crippen LogP contribution is -2.21. The number of aryl methyl sites for hydroxylation is 1. The topological polar surface area (TPSA) is 87.7 Å². The van der Waals surface area contributed by atoms with E-state index < -0.39 is 17.6 Å². The van der Waals surface area contributed by atoms with Crippen LogP contribution in [-0.4, -0.2) is 10.2 Å². The molecule has 0 fully saturated rings. The molecular formula is C21H16F2N4OS. The SMILES string of the molecule is Cc1ccc(SCc2[nH]nc3c2[C@H](c2ccc(F)c(F)c2)C(C#N)=C(N)O3)cc1. The van der Waals surface area contributed by atoms with E-state index in [1.54, 1.807) is 11.8 Å². The first-order valence-corrected chi connectivity index (χ1v) is 9.75. The van der Waals surface area contributed by atoms with Gasteiger partial charge in [0.2, 0.25) is 11.8 Å². The number of thioether (sulfide) groups is 1. The predicted octanol–water partition coefficient (Wildman–Crippen LogP) is 4.51. The smallest absolute Gasteiger partial charge is 0.244 e. The normalized spacial score (nSPS) is 15.6. The van der Waals surface area contributed by atoms with E-state index in [4.69, 9.17) is 10.5 Å². The minimum atomic E-state index is -0.995. The van der Waals surface area contributed by atoms with E-state index in [1.807, 2.05) is 37.3 Å². The first-order valence-electron chi connectivity index (χ1n) is 8.77. The van der Waals surface area contributed by atoms with Gasteiger partial charge in [-0.2, -0.15) is 5.26 Å². The van der Waals surface area contributed by atoms with Crippen molar-refractivity contribution < 1.29 is 13.5 Å². The summed E-state index contributed by atoms with van der Waals surface area (Å²) >= 11 is 1.58. The quantitative estimate of drug-likeness (QED) is 0.618. The molecule has 5 nitrogen and oxygen atoms in total. The number of benzene rings is 2. The minimum Gasteiger partial charge on any atom is -0.420 e. The van der Waals surface area contributed by atoms with Crippen molar-refractivity contribution in [3.05, 3.63) is 87.9 Å². The molecule has 0 bridgehead atoms. The van der Waals surface area contributed by atoms with Gasteiger partial charge < -0.3 is 10.5 Å². The van der Waals surface area contributed by atoms with Crippen molar-refractivity contribution in [2.75, 3.05) is 0 Å². The number of nitrogens with zero attached hydrogens (tertiary/aromatic N) is 2. The number of ether oxygens (including phenoxy) is 1. The molecule has 0 aliphatic carbocycles. The number of nitriles is 1. The van der Waals surface area contributed by atoms with E-state index in [0.717, 1.165) is 22.7 Å². The predicted molar refractivity (Wildman–Crippen MR) is 105 cm³/mol. The molecule has 29 heavy (non-hydrogen) atoms. The fraction of sp³-hybridized carbons (Fsp3) is 0.143. The Labute approximate surface area is 170 Å². The summed E-state index contributed by atoms with van der Waals surface area (Å²) < 4.78 is 32.9. The van der Waals surface area contributed by atoms with Gasteiger partial charge in [-0.3, -0.25) is 5.10 Å². The van der Waals surface area contributed by atoms with Gasteiger partial charge in [0, 0.05) is 10.6 Å². The standard InChI is InChI=1S/C21H16F2N4OS/c1-11-2-5-13(6-3-11)29-10-17-19-18(12-4-7-15(22)16(23)8-12)14(9-24)20(25)28-21(19)27-26-17/h2-8,18H,10,25H2,1H3,(H,26,27)/t18-/m1/s1. The molecule has 2 aromatic carbocycles. The lowest BCUT2D eigenvalue weighted by atomic mass is 9.84. The molecule has 1 atom stereocenters. The molecule has 0 spiro atoms. The van der Waals surface area contributed by atoms with Crippen molar-refractivity contribution in [2.24, 2.45) is 5.73 Å². The van der Waals surface area contributed by atoms with Gasteiger partial charge in [-0.1, -0.05) is 23.8 Å². The van der Waals surface area contributed by atoms with Crippen LogP contribution >= 0.6 is 11.8 Å². The molecule has 4 rings (SSSR count). The summed E-state index contributed by atoms with van der Waals surface area (Å²) in [4.78, 5) is 1.07. The van der Waals surface area contributed by atoms with E-state index in [2.05, 4.69) is 10.2 Å². The van der Waals surface area contributed by atoms with Gasteiger partial charge in [-0.15, -0.1) is 16.9 Å². The maximum atomic E-state index is 13.9. The Hall–Kier alpha value is -3.31. The van der Waals surface area contributed by atoms with Gasteiger partial charge >= 0.3 is 0 Å². The maximum Gasteiger partial charge on any atom is 0.244 e. The summed E-state index contributed by atoms with van der Waals surface area (Å²) in [6, 6.07) is 13.7. The zero-order valence-electron chi connectivity index (χ0n) is 15.4. The van der Waals surface area contributed by atoms with Crippen LogP contribution in [0.3, 0.4) is 0 Å². The third-order valence-corrected chi connectivity index (χ3v) is 5.74. The molecule has 0 saturated carbocycles. The Morgan fingerprint density at radius 1 is 1.21 bits per heavy atom. The highest BCUT2D eigenvalue weighted by Crippen LogP contribution is 2.44. The average Bonchev–Trinajstić information content (AvgIpc) is 3.11. The number of aromatic nitrogens is 2. The second-order valence-corrected chi connectivity index (χ2v) is 7.67. The largest absolute Gasteiger partial charge is 0.420 e. The number of nitrogens with two attached hydrogens (primary N) is 1. The average molecular weight is 410 g/mol. The van der Waals surface area contributed by atoms with E-state index in [-0.39, 0.29) is 17.3 Å². The highest BCUT2D eigenvalue weighted by Gasteiger charge is 2.35. The molecular weight excluding hydrogens is 394 g/mol. The van der Waals surface area contributed by atoms with Crippen LogP contribution in [0.2, 0.25) is 0 Å². The van der Waals surface area contributed by atoms with Crippen LogP contribution in [0.1, 0.15) is 28.3 Å². The van der Waals surface area contributed by atoms with E-state index in [1.165, 1.54) is 11.6 Å². The summed E-state index contributed by atoms with van der Waals surface area (Å²) in [5.74, 6) is -2.00. The lowest BCUT2D eigenvalue weighted by molar-refractivity contribution is 0.378. The fourth-order valence-electron chi connectivity index (χ4n) is 3.23. The number of hydrogen-bond donors (Lipinski definition) is 2. The van der Waals surface area contributed by atoms with E-state index in [0.29, 0.717) is 16.9 Å². The first-order chi connectivity index (χ1) is 14.0. The molecule has 0 amide bonds. The second kappa shape index (κ2) is 7.60. The monoisotopic (exact) mass is 410 g/mol. The number of rotatable bonds is 4. The molecule has 8 heteroatoms. The number of nitrogens with one attached hydrogen (secondary N) is 1. The van der Waals surface area contributed by atoms with Crippen molar-refractivity contribution in [1.29, 1.82) is 5.26 Å². The van der Waals surface area contributed by atoms with E-state index >= 15 is 0 Å². The molecule has 1 aliphatic heterocycles. The zero-order valence-corrected chi connectivity index (χ0v) is 16.2. The number of hydrogen-bond acceptors (Lipinski definition) is 5. The van der Waals surface area contributed by atoms with Crippen LogP contribution in [-0.2, 0) is 5.75 Å². The molecule has 3 N–H and O–H groups in total. The third kappa shape index (κ3) is 3.57. The van der Waals surface area contributed by atoms with Crippen LogP contribution in [0.4, 0.5) is 8.78 Å². The Bertz CT molecular complexity index is 1150. The number of H-pyrrole nitrogens is 1. The Kier molecular flexibility index (Phi) is 4.99. The van der Waals surface area contributed by atoms with Gasteiger partial charge in [0.25, 0.3) is 0 Å². The van der Waals surface area contributed by atoms with Crippen molar-refractivity contribution in [1.82, 2.24) is 10.2 Å². The molecule has 0 unspecified atom stereocenters. The Morgan fingerprint density at radius 3 is 2.66 bits per heavy atom. The second-order valence-electron chi connectivity index (χ2n) is 6.62. The fourth-order valence-corrected chi connectivity index (χ4v) is 4.09. The number of allylic oxidation sites excluding steroid dienone is 1. The Morgan fingerprint density at radius 2 is 1.97 bits per heavy atom. The van der Waals surface area contributed by atoms with Crippen LogP contribution in [0.15, 0.2) is 58.8 Å². The van der Waals surface area contributed by atoms with E-state index in [9.17, 15) is 14.0 Å². The molecule has 2 heterocycles.